The molecule has 1 aliphatic heterocycles. The summed E-state index contributed by atoms with van der Waals surface area (Å²) in [6.45, 7) is 3.26. The van der Waals surface area contributed by atoms with Gasteiger partial charge in [-0.1, -0.05) is 30.3 Å². The first-order valence-corrected chi connectivity index (χ1v) is 10.7. The summed E-state index contributed by atoms with van der Waals surface area (Å²) in [5.74, 6) is 0.133. The molecule has 2 heterocycles. The number of aromatic nitrogens is 1. The number of benzene rings is 1. The lowest BCUT2D eigenvalue weighted by Gasteiger charge is -2.33. The zero-order valence-corrected chi connectivity index (χ0v) is 17.6. The summed E-state index contributed by atoms with van der Waals surface area (Å²) in [6.07, 6.45) is 5.69. The molecule has 1 unspecified atom stereocenters. The molecule has 1 amide bonds. The maximum absolute atomic E-state index is 12.3. The second kappa shape index (κ2) is 12.0. The third-order valence-electron chi connectivity index (χ3n) is 5.50. The average Bonchev–Trinajstić information content (AvgIpc) is 2.83. The first-order valence-electron chi connectivity index (χ1n) is 10.7. The Morgan fingerprint density at radius 2 is 1.94 bits per heavy atom. The highest BCUT2D eigenvalue weighted by molar-refractivity contribution is 5.94. The maximum atomic E-state index is 12.3. The molecule has 1 aromatic heterocycles. The summed E-state index contributed by atoms with van der Waals surface area (Å²) in [6, 6.07) is 13.1. The number of pyridine rings is 1. The number of anilines is 1. The first-order chi connectivity index (χ1) is 15.2. The van der Waals surface area contributed by atoms with Crippen molar-refractivity contribution in [2.24, 2.45) is 5.92 Å². The number of amides is 1. The van der Waals surface area contributed by atoms with Gasteiger partial charge in [0.2, 0.25) is 0 Å². The number of carbonyl (C=O) groups is 3. The second-order valence-corrected chi connectivity index (χ2v) is 7.79. The summed E-state index contributed by atoms with van der Waals surface area (Å²) in [5.41, 5.74) is 2.43. The number of carbonyl (C=O) groups excluding carboxylic acids is 3. The summed E-state index contributed by atoms with van der Waals surface area (Å²) < 4.78 is 5.89. The van der Waals surface area contributed by atoms with Crippen molar-refractivity contribution >= 4 is 24.2 Å². The van der Waals surface area contributed by atoms with Crippen molar-refractivity contribution < 1.29 is 19.1 Å². The third-order valence-corrected chi connectivity index (χ3v) is 5.50. The van der Waals surface area contributed by atoms with Crippen LogP contribution in [0.3, 0.4) is 0 Å². The Labute approximate surface area is 182 Å². The van der Waals surface area contributed by atoms with E-state index >= 15 is 0 Å². The van der Waals surface area contributed by atoms with E-state index in [-0.39, 0.29) is 12.1 Å². The highest BCUT2D eigenvalue weighted by Crippen LogP contribution is 2.23. The van der Waals surface area contributed by atoms with Gasteiger partial charge >= 0.3 is 0 Å². The Morgan fingerprint density at radius 3 is 2.58 bits per heavy atom. The van der Waals surface area contributed by atoms with Crippen molar-refractivity contribution in [2.75, 3.05) is 24.6 Å². The van der Waals surface area contributed by atoms with Crippen molar-refractivity contribution in [1.82, 2.24) is 10.3 Å². The molecule has 0 aliphatic carbocycles. The van der Waals surface area contributed by atoms with E-state index in [4.69, 9.17) is 4.74 Å². The van der Waals surface area contributed by atoms with Crippen molar-refractivity contribution in [3.05, 3.63) is 59.9 Å². The Balaban J connectivity index is 1.42. The van der Waals surface area contributed by atoms with Gasteiger partial charge in [0.05, 0.1) is 24.5 Å². The normalized spacial score (nSPS) is 15.3. The van der Waals surface area contributed by atoms with Gasteiger partial charge in [-0.3, -0.25) is 4.79 Å². The van der Waals surface area contributed by atoms with Gasteiger partial charge in [-0.2, -0.15) is 0 Å². The predicted octanol–water partition coefficient (Wildman–Crippen LogP) is 2.79. The Bertz CT molecular complexity index is 834. The zero-order valence-electron chi connectivity index (χ0n) is 17.6. The number of hydrogen-bond donors (Lipinski definition) is 1. The van der Waals surface area contributed by atoms with Crippen molar-refractivity contribution in [3.8, 4) is 0 Å². The number of aldehydes is 2. The molecule has 1 aromatic carbocycles. The maximum Gasteiger partial charge on any atom is 0.270 e. The fourth-order valence-corrected chi connectivity index (χ4v) is 3.65. The molecule has 7 heteroatoms. The molecule has 164 valence electrons. The molecule has 0 saturated carbocycles. The zero-order chi connectivity index (χ0) is 21.9. The number of nitrogens with zero attached hydrogens (tertiary/aromatic N) is 2. The smallest absolute Gasteiger partial charge is 0.270 e. The molecule has 7 nitrogen and oxygen atoms in total. The minimum Gasteiger partial charge on any atom is -0.376 e. The highest BCUT2D eigenvalue weighted by Gasteiger charge is 2.20. The molecule has 1 atom stereocenters. The summed E-state index contributed by atoms with van der Waals surface area (Å²) in [4.78, 5) is 40.3. The molecule has 1 fully saturated rings. The number of piperidine rings is 1. The summed E-state index contributed by atoms with van der Waals surface area (Å²) in [7, 11) is 0. The van der Waals surface area contributed by atoms with E-state index in [1.165, 1.54) is 5.56 Å². The summed E-state index contributed by atoms with van der Waals surface area (Å²) in [5, 5.41) is 2.60. The lowest BCUT2D eigenvalue weighted by atomic mass is 9.97. The molecule has 1 aliphatic rings. The van der Waals surface area contributed by atoms with E-state index in [0.717, 1.165) is 44.5 Å². The first kappa shape index (κ1) is 22.6. The lowest BCUT2D eigenvalue weighted by molar-refractivity contribution is -0.110. The molecule has 1 N–H and O–H groups in total. The molecule has 0 bridgehead atoms. The van der Waals surface area contributed by atoms with Gasteiger partial charge in [-0.05, 0) is 42.9 Å². The molecule has 2 aromatic rings. The van der Waals surface area contributed by atoms with Gasteiger partial charge in [0.25, 0.3) is 5.91 Å². The van der Waals surface area contributed by atoms with Gasteiger partial charge in [-0.15, -0.1) is 0 Å². The van der Waals surface area contributed by atoms with E-state index in [1.807, 2.05) is 24.3 Å². The minimum atomic E-state index is -0.678. The van der Waals surface area contributed by atoms with Crippen LogP contribution in [0.25, 0.3) is 0 Å². The number of hydrogen-bond acceptors (Lipinski definition) is 6. The van der Waals surface area contributed by atoms with Crippen LogP contribution in [0.2, 0.25) is 0 Å². The molecule has 1 saturated heterocycles. The van der Waals surface area contributed by atoms with Crippen LogP contribution in [0.15, 0.2) is 48.7 Å². The fourth-order valence-electron chi connectivity index (χ4n) is 3.65. The van der Waals surface area contributed by atoms with Crippen LogP contribution in [-0.4, -0.2) is 49.2 Å². The van der Waals surface area contributed by atoms with Crippen molar-refractivity contribution in [2.45, 2.75) is 38.3 Å². The topological polar surface area (TPSA) is 88.6 Å². The van der Waals surface area contributed by atoms with Gasteiger partial charge in [-0.25, -0.2) is 4.98 Å². The molecular formula is C24H29N3O4. The van der Waals surface area contributed by atoms with Crippen LogP contribution in [-0.2, 0) is 20.9 Å². The van der Waals surface area contributed by atoms with Gasteiger partial charge in [0, 0.05) is 26.1 Å². The summed E-state index contributed by atoms with van der Waals surface area (Å²) >= 11 is 0. The van der Waals surface area contributed by atoms with E-state index in [2.05, 4.69) is 27.3 Å². The van der Waals surface area contributed by atoms with Gasteiger partial charge in [0.15, 0.2) is 0 Å². The van der Waals surface area contributed by atoms with Crippen LogP contribution >= 0.6 is 0 Å². The molecule has 0 radical (unpaired) electrons. The molecule has 3 rings (SSSR count). The van der Waals surface area contributed by atoms with Crippen LogP contribution in [0.4, 0.5) is 5.69 Å². The Kier molecular flexibility index (Phi) is 8.72. The Hall–Kier alpha value is -3.06. The fraction of sp³-hybridized carbons (Fsp3) is 0.417. The van der Waals surface area contributed by atoms with Crippen LogP contribution in [0.1, 0.15) is 41.7 Å². The SMILES string of the molecule is O=CCCC(C=O)NC(=O)c1ccc(N2CCC(COCc3ccccc3)CC2)cn1. The largest absolute Gasteiger partial charge is 0.376 e. The second-order valence-electron chi connectivity index (χ2n) is 7.79. The van der Waals surface area contributed by atoms with Crippen molar-refractivity contribution in [1.29, 1.82) is 0 Å². The number of rotatable bonds is 11. The monoisotopic (exact) mass is 423 g/mol. The molecule has 0 spiro atoms. The number of ether oxygens (including phenoxy) is 1. The van der Waals surface area contributed by atoms with E-state index in [9.17, 15) is 14.4 Å². The predicted molar refractivity (Wildman–Crippen MR) is 118 cm³/mol. The quantitative estimate of drug-likeness (QED) is 0.559. The van der Waals surface area contributed by atoms with Crippen molar-refractivity contribution in [3.63, 3.8) is 0 Å². The molecule has 31 heavy (non-hydrogen) atoms. The molecular weight excluding hydrogens is 394 g/mol. The number of nitrogens with one attached hydrogen (secondary N) is 1. The van der Waals surface area contributed by atoms with E-state index in [1.54, 1.807) is 12.3 Å². The lowest BCUT2D eigenvalue weighted by Crippen LogP contribution is -2.37. The Morgan fingerprint density at radius 1 is 1.16 bits per heavy atom. The standard InChI is InChI=1S/C24H29N3O4/c28-14-4-7-21(16-29)26-24(30)23-9-8-22(15-25-23)27-12-10-20(11-13-27)18-31-17-19-5-2-1-3-6-19/h1-3,5-6,8-9,14-16,20-21H,4,7,10-13,17-18H2,(H,26,30). The van der Waals surface area contributed by atoms with Gasteiger partial charge < -0.3 is 24.5 Å². The van der Waals surface area contributed by atoms with Crippen LogP contribution in [0, 0.1) is 5.92 Å². The highest BCUT2D eigenvalue weighted by atomic mass is 16.5. The van der Waals surface area contributed by atoms with E-state index in [0.29, 0.717) is 25.2 Å². The average molecular weight is 424 g/mol. The van der Waals surface area contributed by atoms with Crippen LogP contribution < -0.4 is 10.2 Å². The minimum absolute atomic E-state index is 0.225. The third kappa shape index (κ3) is 7.00. The van der Waals surface area contributed by atoms with Gasteiger partial charge in [0.1, 0.15) is 18.3 Å². The van der Waals surface area contributed by atoms with E-state index < -0.39 is 11.9 Å². The van der Waals surface area contributed by atoms with Crippen LogP contribution in [0.5, 0.6) is 0 Å².